The maximum Gasteiger partial charge on any atom is 0.306 e. The molecule has 442 valence electrons. The van der Waals surface area contributed by atoms with Crippen molar-refractivity contribution < 1.29 is 28.6 Å². The van der Waals surface area contributed by atoms with Gasteiger partial charge in [-0.2, -0.15) is 0 Å². The maximum atomic E-state index is 12.9. The molecule has 1 atom stereocenters. The predicted molar refractivity (Wildman–Crippen MR) is 330 cm³/mol. The molecule has 0 aromatic carbocycles. The highest BCUT2D eigenvalue weighted by Crippen LogP contribution is 2.17. The van der Waals surface area contributed by atoms with Gasteiger partial charge in [-0.25, -0.2) is 0 Å². The van der Waals surface area contributed by atoms with Gasteiger partial charge in [0.15, 0.2) is 6.10 Å². The van der Waals surface area contributed by atoms with Gasteiger partial charge in [0.1, 0.15) is 13.2 Å². The molecule has 0 heterocycles. The Morgan fingerprint density at radius 2 is 0.513 bits per heavy atom. The van der Waals surface area contributed by atoms with Crippen LogP contribution in [0.4, 0.5) is 0 Å². The zero-order valence-corrected chi connectivity index (χ0v) is 50.8. The summed E-state index contributed by atoms with van der Waals surface area (Å²) < 4.78 is 16.9. The topological polar surface area (TPSA) is 78.9 Å². The predicted octanol–water partition coefficient (Wildman–Crippen LogP) is 22.7. The lowest BCUT2D eigenvalue weighted by Crippen LogP contribution is -2.30. The summed E-state index contributed by atoms with van der Waals surface area (Å²) in [6.45, 7) is 6.53. The van der Waals surface area contributed by atoms with Crippen LogP contribution in [-0.2, 0) is 28.6 Å². The quantitative estimate of drug-likeness (QED) is 0.0261. The smallest absolute Gasteiger partial charge is 0.306 e. The largest absolute Gasteiger partial charge is 0.462 e. The molecule has 0 spiro atoms. The van der Waals surface area contributed by atoms with E-state index in [-0.39, 0.29) is 31.1 Å². The molecule has 1 unspecified atom stereocenters. The van der Waals surface area contributed by atoms with Crippen molar-refractivity contribution >= 4 is 17.9 Å². The highest BCUT2D eigenvalue weighted by Gasteiger charge is 2.19. The number of carbonyl (C=O) groups excluding carboxylic acids is 3. The van der Waals surface area contributed by atoms with Gasteiger partial charge in [-0.1, -0.05) is 306 Å². The second-order valence-electron chi connectivity index (χ2n) is 22.4. The normalized spacial score (nSPS) is 12.4. The van der Waals surface area contributed by atoms with Gasteiger partial charge in [0.2, 0.25) is 0 Å². The third-order valence-corrected chi connectivity index (χ3v) is 14.8. The van der Waals surface area contributed by atoms with Crippen LogP contribution >= 0.6 is 0 Å². The van der Waals surface area contributed by atoms with Gasteiger partial charge in [0.05, 0.1) is 0 Å². The molecule has 0 radical (unpaired) electrons. The van der Waals surface area contributed by atoms with E-state index in [4.69, 9.17) is 14.2 Å². The Hall–Kier alpha value is -2.89. The van der Waals surface area contributed by atoms with Crippen LogP contribution < -0.4 is 0 Å². The fraction of sp³-hybridized carbons (Fsp3) is 0.814. The first-order valence-corrected chi connectivity index (χ1v) is 33.3. The van der Waals surface area contributed by atoms with E-state index in [1.165, 1.54) is 212 Å². The number of rotatable bonds is 61. The second-order valence-corrected chi connectivity index (χ2v) is 22.4. The monoisotopic (exact) mass is 1060 g/mol. The summed E-state index contributed by atoms with van der Waals surface area (Å²) in [5.74, 6) is -0.878. The van der Waals surface area contributed by atoms with Crippen LogP contribution in [0.3, 0.4) is 0 Å². The second kappa shape index (κ2) is 64.6. The van der Waals surface area contributed by atoms with Crippen molar-refractivity contribution in [1.29, 1.82) is 0 Å². The molecular formula is C70H126O6. The Morgan fingerprint density at radius 1 is 0.276 bits per heavy atom. The zero-order valence-electron chi connectivity index (χ0n) is 50.8. The van der Waals surface area contributed by atoms with Crippen molar-refractivity contribution in [3.63, 3.8) is 0 Å². The van der Waals surface area contributed by atoms with Crippen LogP contribution in [0.15, 0.2) is 60.8 Å². The van der Waals surface area contributed by atoms with Crippen molar-refractivity contribution in [2.45, 2.75) is 354 Å². The Kier molecular flexibility index (Phi) is 62.2. The highest BCUT2D eigenvalue weighted by molar-refractivity contribution is 5.71. The number of ether oxygens (including phenoxy) is 3. The summed E-state index contributed by atoms with van der Waals surface area (Å²) >= 11 is 0. The lowest BCUT2D eigenvalue weighted by atomic mass is 10.0. The summed E-state index contributed by atoms with van der Waals surface area (Å²) in [6.07, 6.45) is 82.7. The Balaban J connectivity index is 4.06. The maximum absolute atomic E-state index is 12.9. The zero-order chi connectivity index (χ0) is 55.0. The minimum Gasteiger partial charge on any atom is -0.462 e. The SMILES string of the molecule is CC/C=C\C/C=C\C/C=C\C/C=C\CCCCCCCCC(=O)OC(COC(=O)CCCCCCCCCC)COC(=O)CCCCCCCCCCCCCCCCCCCCC/C=C\CCCCCCCCCC. The fourth-order valence-electron chi connectivity index (χ4n) is 9.79. The van der Waals surface area contributed by atoms with Crippen molar-refractivity contribution in [3.8, 4) is 0 Å². The molecule has 6 heteroatoms. The van der Waals surface area contributed by atoms with E-state index in [2.05, 4.69) is 81.5 Å². The molecule has 0 aromatic heterocycles. The lowest BCUT2D eigenvalue weighted by Gasteiger charge is -2.18. The van der Waals surface area contributed by atoms with E-state index in [1.807, 2.05) is 0 Å². The molecule has 0 amide bonds. The van der Waals surface area contributed by atoms with Crippen LogP contribution in [0.2, 0.25) is 0 Å². The highest BCUT2D eigenvalue weighted by atomic mass is 16.6. The molecule has 76 heavy (non-hydrogen) atoms. The molecule has 0 saturated carbocycles. The van der Waals surface area contributed by atoms with Crippen molar-refractivity contribution in [1.82, 2.24) is 0 Å². The number of allylic oxidation sites excluding steroid dienone is 10. The first-order chi connectivity index (χ1) is 37.5. The van der Waals surface area contributed by atoms with Crippen LogP contribution in [0.25, 0.3) is 0 Å². The number of esters is 3. The molecule has 0 rings (SSSR count). The number of carbonyl (C=O) groups is 3. The summed E-state index contributed by atoms with van der Waals surface area (Å²) in [5.41, 5.74) is 0. The van der Waals surface area contributed by atoms with Gasteiger partial charge in [-0.15, -0.1) is 0 Å². The molecule has 0 aliphatic carbocycles. The molecule has 0 N–H and O–H groups in total. The Morgan fingerprint density at radius 3 is 0.816 bits per heavy atom. The summed E-state index contributed by atoms with van der Waals surface area (Å²) in [5, 5.41) is 0. The van der Waals surface area contributed by atoms with E-state index in [1.54, 1.807) is 0 Å². The summed E-state index contributed by atoms with van der Waals surface area (Å²) in [6, 6.07) is 0. The Labute approximate surface area is 472 Å². The first-order valence-electron chi connectivity index (χ1n) is 33.3. The van der Waals surface area contributed by atoms with E-state index in [0.717, 1.165) is 96.3 Å². The number of unbranched alkanes of at least 4 members (excludes halogenated alkanes) is 40. The van der Waals surface area contributed by atoms with E-state index in [0.29, 0.717) is 19.3 Å². The number of hydrogen-bond donors (Lipinski definition) is 0. The average Bonchev–Trinajstić information content (AvgIpc) is 3.42. The Bertz CT molecular complexity index is 1360. The van der Waals surface area contributed by atoms with Crippen molar-refractivity contribution in [2.24, 2.45) is 0 Å². The van der Waals surface area contributed by atoms with Crippen LogP contribution in [0.5, 0.6) is 0 Å². The molecule has 0 aromatic rings. The van der Waals surface area contributed by atoms with E-state index >= 15 is 0 Å². The van der Waals surface area contributed by atoms with Gasteiger partial charge in [-0.3, -0.25) is 14.4 Å². The van der Waals surface area contributed by atoms with Crippen LogP contribution in [-0.4, -0.2) is 37.2 Å². The van der Waals surface area contributed by atoms with Crippen molar-refractivity contribution in [3.05, 3.63) is 60.8 Å². The minimum atomic E-state index is -0.779. The van der Waals surface area contributed by atoms with Gasteiger partial charge in [0, 0.05) is 19.3 Å². The van der Waals surface area contributed by atoms with Crippen LogP contribution in [0, 0.1) is 0 Å². The minimum absolute atomic E-state index is 0.0764. The summed E-state index contributed by atoms with van der Waals surface area (Å²) in [7, 11) is 0. The third-order valence-electron chi connectivity index (χ3n) is 14.8. The van der Waals surface area contributed by atoms with Gasteiger partial charge >= 0.3 is 17.9 Å². The van der Waals surface area contributed by atoms with Crippen LogP contribution in [0.1, 0.15) is 348 Å². The first kappa shape index (κ1) is 73.1. The van der Waals surface area contributed by atoms with Gasteiger partial charge in [-0.05, 0) is 83.5 Å². The molecule has 0 bridgehead atoms. The average molecular weight is 1060 g/mol. The molecule has 0 aliphatic heterocycles. The molecule has 0 aliphatic rings. The number of hydrogen-bond acceptors (Lipinski definition) is 6. The van der Waals surface area contributed by atoms with Gasteiger partial charge < -0.3 is 14.2 Å². The third kappa shape index (κ3) is 62.0. The standard InChI is InChI=1S/C70H126O6/c1-4-7-10-13-16-19-21-23-25-27-29-30-31-32-33-34-35-36-37-38-39-40-42-43-45-47-49-51-54-57-60-63-69(72)75-66-67(65-74-68(71)62-59-56-53-18-15-12-9-6-3)76-70(73)64-61-58-55-52-50-48-46-44-41-28-26-24-22-20-17-14-11-8-5-2/h8,11,17,20,24,26-27,29,41,44,67H,4-7,9-10,12-16,18-19,21-23,25,28,30-40,42-43,45-66H2,1-3H3/b11-8-,20-17-,26-24-,29-27-,44-41-. The molecule has 0 saturated heterocycles. The fourth-order valence-corrected chi connectivity index (χ4v) is 9.79. The summed E-state index contributed by atoms with van der Waals surface area (Å²) in [4.78, 5) is 38.1. The van der Waals surface area contributed by atoms with Gasteiger partial charge in [0.25, 0.3) is 0 Å². The molecule has 6 nitrogen and oxygen atoms in total. The van der Waals surface area contributed by atoms with Crippen molar-refractivity contribution in [2.75, 3.05) is 13.2 Å². The van der Waals surface area contributed by atoms with E-state index in [9.17, 15) is 14.4 Å². The van der Waals surface area contributed by atoms with E-state index < -0.39 is 6.10 Å². The molecule has 0 fully saturated rings. The molecular weight excluding hydrogens is 937 g/mol. The lowest BCUT2D eigenvalue weighted by molar-refractivity contribution is -0.167.